The van der Waals surface area contributed by atoms with Gasteiger partial charge in [-0.3, -0.25) is 9.59 Å². The van der Waals surface area contributed by atoms with E-state index in [0.717, 1.165) is 0 Å². The van der Waals surface area contributed by atoms with Crippen LogP contribution in [0.2, 0.25) is 5.15 Å². The Balaban J connectivity index is 2.74. The van der Waals surface area contributed by atoms with Crippen LogP contribution in [0.5, 0.6) is 0 Å². The molecule has 0 aliphatic rings. The minimum atomic E-state index is -0.270. The van der Waals surface area contributed by atoms with Crippen LogP contribution in [0.15, 0.2) is 18.3 Å². The van der Waals surface area contributed by atoms with E-state index < -0.39 is 0 Å². The molecule has 0 saturated carbocycles. The van der Waals surface area contributed by atoms with E-state index in [1.54, 1.807) is 13.1 Å². The fraction of sp³-hybridized carbons (Fsp3) is 0.300. The van der Waals surface area contributed by atoms with E-state index in [2.05, 4.69) is 10.3 Å². The lowest BCUT2D eigenvalue weighted by Gasteiger charge is -2.15. The van der Waals surface area contributed by atoms with Crippen molar-refractivity contribution in [2.45, 2.75) is 0 Å². The predicted octanol–water partition coefficient (Wildman–Crippen LogP) is 0.553. The molecule has 0 fully saturated rings. The molecule has 1 rings (SSSR count). The number of hydrogen-bond acceptors (Lipinski definition) is 3. The number of pyridine rings is 1. The van der Waals surface area contributed by atoms with Crippen LogP contribution in [-0.4, -0.2) is 42.3 Å². The van der Waals surface area contributed by atoms with Crippen molar-refractivity contribution >= 4 is 23.4 Å². The molecule has 0 atom stereocenters. The minimum Gasteiger partial charge on any atom is -0.358 e. The topological polar surface area (TPSA) is 62.3 Å². The van der Waals surface area contributed by atoms with Crippen LogP contribution in [0, 0.1) is 0 Å². The molecule has 0 bridgehead atoms. The summed E-state index contributed by atoms with van der Waals surface area (Å²) in [5.74, 6) is -0.496. The van der Waals surface area contributed by atoms with Gasteiger partial charge in [0, 0.05) is 25.9 Å². The summed E-state index contributed by atoms with van der Waals surface area (Å²) >= 11 is 5.67. The highest BCUT2D eigenvalue weighted by Gasteiger charge is 2.14. The molecular formula is C10H12ClN3O2. The maximum absolute atomic E-state index is 11.8. The summed E-state index contributed by atoms with van der Waals surface area (Å²) < 4.78 is 0. The van der Waals surface area contributed by atoms with Crippen LogP contribution in [0.3, 0.4) is 0 Å². The Hall–Kier alpha value is -1.62. The van der Waals surface area contributed by atoms with Crippen molar-refractivity contribution in [2.75, 3.05) is 20.6 Å². The van der Waals surface area contributed by atoms with Crippen LogP contribution in [0.25, 0.3) is 0 Å². The third-order valence-electron chi connectivity index (χ3n) is 1.98. The molecule has 1 aromatic rings. The first-order valence-corrected chi connectivity index (χ1v) is 5.00. The van der Waals surface area contributed by atoms with Gasteiger partial charge in [-0.25, -0.2) is 4.98 Å². The molecule has 1 heterocycles. The number of aromatic nitrogens is 1. The molecule has 6 heteroatoms. The van der Waals surface area contributed by atoms with Gasteiger partial charge in [-0.2, -0.15) is 0 Å². The molecular weight excluding hydrogens is 230 g/mol. The molecule has 0 radical (unpaired) electrons. The summed E-state index contributed by atoms with van der Waals surface area (Å²) in [6.07, 6.45) is 1.45. The quantitative estimate of drug-likeness (QED) is 0.787. The van der Waals surface area contributed by atoms with E-state index in [9.17, 15) is 9.59 Å². The maximum Gasteiger partial charge on any atom is 0.254 e. The number of nitrogens with one attached hydrogen (secondary N) is 1. The first-order valence-electron chi connectivity index (χ1n) is 4.62. The lowest BCUT2D eigenvalue weighted by Crippen LogP contribution is -2.36. The number of nitrogens with zero attached hydrogens (tertiary/aromatic N) is 2. The van der Waals surface area contributed by atoms with Crippen LogP contribution in [-0.2, 0) is 4.79 Å². The van der Waals surface area contributed by atoms with Crippen molar-refractivity contribution < 1.29 is 9.59 Å². The Morgan fingerprint density at radius 3 is 2.81 bits per heavy atom. The van der Waals surface area contributed by atoms with E-state index in [1.807, 2.05) is 0 Å². The van der Waals surface area contributed by atoms with Crippen LogP contribution >= 0.6 is 11.6 Å². The average molecular weight is 242 g/mol. The highest BCUT2D eigenvalue weighted by Crippen LogP contribution is 2.08. The van der Waals surface area contributed by atoms with Gasteiger partial charge in [0.05, 0.1) is 6.54 Å². The second kappa shape index (κ2) is 5.46. The number of halogens is 1. The van der Waals surface area contributed by atoms with Gasteiger partial charge >= 0.3 is 0 Å². The number of likely N-dealkylation sites (N-methyl/N-ethyl adjacent to an activating group) is 2. The number of rotatable bonds is 3. The van der Waals surface area contributed by atoms with Crippen LogP contribution in [0.4, 0.5) is 0 Å². The van der Waals surface area contributed by atoms with E-state index >= 15 is 0 Å². The average Bonchev–Trinajstić information content (AvgIpc) is 2.27. The van der Waals surface area contributed by atoms with Crippen molar-refractivity contribution in [3.05, 3.63) is 29.0 Å². The second-order valence-corrected chi connectivity index (χ2v) is 3.59. The fourth-order valence-electron chi connectivity index (χ4n) is 1.12. The SMILES string of the molecule is CNC(=O)CN(C)C(=O)c1ccnc(Cl)c1. The molecule has 0 aliphatic carbocycles. The van der Waals surface area contributed by atoms with Gasteiger partial charge in [-0.05, 0) is 12.1 Å². The van der Waals surface area contributed by atoms with Gasteiger partial charge in [0.25, 0.3) is 5.91 Å². The van der Waals surface area contributed by atoms with Crippen molar-refractivity contribution in [1.82, 2.24) is 15.2 Å². The summed E-state index contributed by atoms with van der Waals surface area (Å²) in [4.78, 5) is 28.0. The molecule has 0 aromatic carbocycles. The third kappa shape index (κ3) is 3.20. The Kier molecular flexibility index (Phi) is 4.25. The zero-order chi connectivity index (χ0) is 12.1. The van der Waals surface area contributed by atoms with Gasteiger partial charge in [-0.15, -0.1) is 0 Å². The van der Waals surface area contributed by atoms with Gasteiger partial charge in [0.1, 0.15) is 5.15 Å². The number of hydrogen-bond donors (Lipinski definition) is 1. The monoisotopic (exact) mass is 241 g/mol. The molecule has 2 amide bonds. The lowest BCUT2D eigenvalue weighted by atomic mass is 10.2. The van der Waals surface area contributed by atoms with Gasteiger partial charge in [0.15, 0.2) is 0 Å². The van der Waals surface area contributed by atoms with Crippen molar-refractivity contribution in [2.24, 2.45) is 0 Å². The number of carbonyl (C=O) groups is 2. The van der Waals surface area contributed by atoms with E-state index in [0.29, 0.717) is 5.56 Å². The van der Waals surface area contributed by atoms with Crippen LogP contribution < -0.4 is 5.32 Å². The predicted molar refractivity (Wildman–Crippen MR) is 60.3 cm³/mol. The largest absolute Gasteiger partial charge is 0.358 e. The van der Waals surface area contributed by atoms with E-state index in [-0.39, 0.29) is 23.5 Å². The molecule has 1 N–H and O–H groups in total. The first kappa shape index (κ1) is 12.4. The molecule has 0 saturated heterocycles. The van der Waals surface area contributed by atoms with Gasteiger partial charge < -0.3 is 10.2 Å². The highest BCUT2D eigenvalue weighted by molar-refractivity contribution is 6.29. The van der Waals surface area contributed by atoms with E-state index in [4.69, 9.17) is 11.6 Å². The summed E-state index contributed by atoms with van der Waals surface area (Å²) in [5, 5.41) is 2.69. The summed E-state index contributed by atoms with van der Waals surface area (Å²) in [5.41, 5.74) is 0.409. The Labute approximate surface area is 98.4 Å². The van der Waals surface area contributed by atoms with Gasteiger partial charge in [-0.1, -0.05) is 11.6 Å². The summed E-state index contributed by atoms with van der Waals surface area (Å²) in [6, 6.07) is 3.01. The molecule has 5 nitrogen and oxygen atoms in total. The molecule has 1 aromatic heterocycles. The fourth-order valence-corrected chi connectivity index (χ4v) is 1.30. The zero-order valence-corrected chi connectivity index (χ0v) is 9.78. The van der Waals surface area contributed by atoms with Crippen molar-refractivity contribution in [3.63, 3.8) is 0 Å². The molecule has 0 unspecified atom stereocenters. The van der Waals surface area contributed by atoms with Crippen molar-refractivity contribution in [3.8, 4) is 0 Å². The zero-order valence-electron chi connectivity index (χ0n) is 9.03. The smallest absolute Gasteiger partial charge is 0.254 e. The minimum absolute atomic E-state index is 0.00920. The van der Waals surface area contributed by atoms with Gasteiger partial charge in [0.2, 0.25) is 5.91 Å². The number of amides is 2. The molecule has 86 valence electrons. The number of carbonyl (C=O) groups excluding carboxylic acids is 2. The Bertz CT molecular complexity index is 409. The van der Waals surface area contributed by atoms with E-state index in [1.165, 1.54) is 24.2 Å². The molecule has 16 heavy (non-hydrogen) atoms. The Morgan fingerprint density at radius 1 is 1.56 bits per heavy atom. The maximum atomic E-state index is 11.8. The third-order valence-corrected chi connectivity index (χ3v) is 2.19. The molecule has 0 aliphatic heterocycles. The normalized spacial score (nSPS) is 9.69. The van der Waals surface area contributed by atoms with Crippen molar-refractivity contribution in [1.29, 1.82) is 0 Å². The first-order chi connectivity index (χ1) is 7.54. The highest BCUT2D eigenvalue weighted by atomic mass is 35.5. The lowest BCUT2D eigenvalue weighted by molar-refractivity contribution is -0.121. The van der Waals surface area contributed by atoms with Crippen LogP contribution in [0.1, 0.15) is 10.4 Å². The standard InChI is InChI=1S/C10H12ClN3O2/c1-12-9(15)6-14(2)10(16)7-3-4-13-8(11)5-7/h3-5H,6H2,1-2H3,(H,12,15). The summed E-state index contributed by atoms with van der Waals surface area (Å²) in [7, 11) is 3.07. The molecule has 0 spiro atoms. The Morgan fingerprint density at radius 2 is 2.25 bits per heavy atom. The summed E-state index contributed by atoms with van der Waals surface area (Å²) in [6.45, 7) is 0.00920. The second-order valence-electron chi connectivity index (χ2n) is 3.20.